The Kier molecular flexibility index (Phi) is 7.00. The van der Waals surface area contributed by atoms with Crippen LogP contribution >= 0.6 is 0 Å². The lowest BCUT2D eigenvalue weighted by molar-refractivity contribution is -0.143. The molecular formula is C21H22N2O4. The zero-order valence-electron chi connectivity index (χ0n) is 15.3. The molecule has 2 aromatic rings. The second-order valence-corrected chi connectivity index (χ2v) is 6.47. The first-order valence-corrected chi connectivity index (χ1v) is 8.46. The van der Waals surface area contributed by atoms with Crippen molar-refractivity contribution in [2.45, 2.75) is 19.4 Å². The van der Waals surface area contributed by atoms with Crippen molar-refractivity contribution in [2.24, 2.45) is 9.98 Å². The van der Waals surface area contributed by atoms with Gasteiger partial charge in [-0.1, -0.05) is 60.7 Å². The summed E-state index contributed by atoms with van der Waals surface area (Å²) >= 11 is 0. The Bertz CT molecular complexity index is 786. The van der Waals surface area contributed by atoms with Crippen molar-refractivity contribution < 1.29 is 19.4 Å². The predicted molar refractivity (Wildman–Crippen MR) is 105 cm³/mol. The van der Waals surface area contributed by atoms with E-state index in [9.17, 15) is 9.59 Å². The van der Waals surface area contributed by atoms with Crippen LogP contribution in [0.5, 0.6) is 0 Å². The highest BCUT2D eigenvalue weighted by Crippen LogP contribution is 2.12. The summed E-state index contributed by atoms with van der Waals surface area (Å²) in [7, 11) is 0. The topological polar surface area (TPSA) is 88.3 Å². The van der Waals surface area contributed by atoms with Crippen molar-refractivity contribution >= 4 is 23.9 Å². The Hall–Kier alpha value is -3.28. The lowest BCUT2D eigenvalue weighted by Crippen LogP contribution is -2.28. The molecule has 1 N–H and O–H groups in total. The molecule has 0 aromatic heterocycles. The van der Waals surface area contributed by atoms with Gasteiger partial charge >= 0.3 is 11.9 Å². The van der Waals surface area contributed by atoms with Gasteiger partial charge in [0.2, 0.25) is 0 Å². The molecular weight excluding hydrogens is 344 g/mol. The zero-order valence-corrected chi connectivity index (χ0v) is 15.3. The minimum atomic E-state index is -1.14. The van der Waals surface area contributed by atoms with Gasteiger partial charge in [-0.05, 0) is 13.8 Å². The van der Waals surface area contributed by atoms with Crippen LogP contribution in [0.15, 0.2) is 70.6 Å². The van der Waals surface area contributed by atoms with Gasteiger partial charge in [-0.3, -0.25) is 14.8 Å². The summed E-state index contributed by atoms with van der Waals surface area (Å²) in [4.78, 5) is 31.0. The van der Waals surface area contributed by atoms with Crippen LogP contribution in [0.4, 0.5) is 0 Å². The zero-order chi connectivity index (χ0) is 19.7. The summed E-state index contributed by atoms with van der Waals surface area (Å²) in [5.41, 5.74) is 1.70. The number of rotatable bonds is 8. The third-order valence-corrected chi connectivity index (χ3v) is 3.57. The molecule has 0 radical (unpaired) electrons. The van der Waals surface area contributed by atoms with Crippen LogP contribution in [-0.4, -0.2) is 47.7 Å². The second kappa shape index (κ2) is 9.43. The van der Waals surface area contributed by atoms with Crippen LogP contribution in [0, 0.1) is 0 Å². The number of carboxylic acids is 1. The first-order valence-electron chi connectivity index (χ1n) is 8.46. The van der Waals surface area contributed by atoms with Crippen LogP contribution in [-0.2, 0) is 14.3 Å². The first-order chi connectivity index (χ1) is 12.9. The molecule has 2 aromatic carbocycles. The van der Waals surface area contributed by atoms with Gasteiger partial charge in [0.1, 0.15) is 19.4 Å². The van der Waals surface area contributed by atoms with Crippen molar-refractivity contribution in [1.29, 1.82) is 0 Å². The Labute approximate surface area is 158 Å². The lowest BCUT2D eigenvalue weighted by Gasteiger charge is -2.18. The molecule has 0 amide bonds. The van der Waals surface area contributed by atoms with Gasteiger partial charge in [-0.25, -0.2) is 4.79 Å². The summed E-state index contributed by atoms with van der Waals surface area (Å²) in [5, 5.41) is 8.64. The molecule has 0 fully saturated rings. The van der Waals surface area contributed by atoms with Crippen LogP contribution in [0.1, 0.15) is 25.0 Å². The standard InChI is InChI=1S/C21H22N2O4/c1-21(2,23-13-18(24)25)15-27-19(26)14-22-20(16-9-5-3-6-10-16)17-11-7-4-8-12-17/h3-13H,14-15H2,1-2H3,(H,24,25). The van der Waals surface area contributed by atoms with E-state index in [1.54, 1.807) is 13.8 Å². The molecule has 0 atom stereocenters. The van der Waals surface area contributed by atoms with Gasteiger partial charge in [0.05, 0.1) is 11.3 Å². The van der Waals surface area contributed by atoms with E-state index in [1.165, 1.54) is 0 Å². The summed E-state index contributed by atoms with van der Waals surface area (Å²) in [6.07, 6.45) is 0.800. The molecule has 0 aliphatic rings. The van der Waals surface area contributed by atoms with Gasteiger partial charge in [-0.15, -0.1) is 0 Å². The summed E-state index contributed by atoms with van der Waals surface area (Å²) < 4.78 is 5.21. The molecule has 6 nitrogen and oxygen atoms in total. The number of benzene rings is 2. The fourth-order valence-electron chi connectivity index (χ4n) is 2.25. The van der Waals surface area contributed by atoms with Gasteiger partial charge in [-0.2, -0.15) is 0 Å². The fourth-order valence-corrected chi connectivity index (χ4v) is 2.25. The maximum atomic E-state index is 12.1. The van der Waals surface area contributed by atoms with Crippen LogP contribution < -0.4 is 0 Å². The van der Waals surface area contributed by atoms with Gasteiger partial charge in [0.25, 0.3) is 0 Å². The normalized spacial score (nSPS) is 11.2. The van der Waals surface area contributed by atoms with E-state index in [0.717, 1.165) is 17.3 Å². The average Bonchev–Trinajstić information content (AvgIpc) is 2.67. The quantitative estimate of drug-likeness (QED) is 0.575. The molecule has 0 aliphatic carbocycles. The highest BCUT2D eigenvalue weighted by molar-refractivity contribution is 6.22. The Morgan fingerprint density at radius 3 is 2.00 bits per heavy atom. The van der Waals surface area contributed by atoms with Crippen LogP contribution in [0.3, 0.4) is 0 Å². The van der Waals surface area contributed by atoms with E-state index in [2.05, 4.69) is 9.98 Å². The number of carbonyl (C=O) groups is 2. The first kappa shape index (κ1) is 20.0. The van der Waals surface area contributed by atoms with E-state index in [1.807, 2.05) is 60.7 Å². The van der Waals surface area contributed by atoms with E-state index in [4.69, 9.17) is 9.84 Å². The lowest BCUT2D eigenvalue weighted by atomic mass is 10.0. The largest absolute Gasteiger partial charge is 0.477 e. The number of hydrogen-bond acceptors (Lipinski definition) is 5. The Morgan fingerprint density at radius 2 is 1.52 bits per heavy atom. The maximum absolute atomic E-state index is 12.1. The van der Waals surface area contributed by atoms with Gasteiger partial charge in [0, 0.05) is 11.1 Å². The minimum Gasteiger partial charge on any atom is -0.477 e. The number of aliphatic imine (C=N–C) groups is 2. The number of carbonyl (C=O) groups excluding carboxylic acids is 1. The molecule has 0 aliphatic heterocycles. The van der Waals surface area contributed by atoms with Crippen molar-refractivity contribution in [3.8, 4) is 0 Å². The van der Waals surface area contributed by atoms with Crippen LogP contribution in [0.2, 0.25) is 0 Å². The molecule has 0 saturated carbocycles. The molecule has 2 rings (SSSR count). The fraction of sp³-hybridized carbons (Fsp3) is 0.238. The molecule has 140 valence electrons. The van der Waals surface area contributed by atoms with Crippen LogP contribution in [0.25, 0.3) is 0 Å². The Morgan fingerprint density at radius 1 is 1.00 bits per heavy atom. The summed E-state index contributed by atoms with van der Waals surface area (Å²) in [5.74, 6) is -1.65. The number of carboxylic acid groups (broad SMARTS) is 1. The predicted octanol–water partition coefficient (Wildman–Crippen LogP) is 3.00. The monoisotopic (exact) mass is 366 g/mol. The molecule has 0 unspecified atom stereocenters. The number of hydrogen-bond donors (Lipinski definition) is 1. The summed E-state index contributed by atoms with van der Waals surface area (Å²) in [6, 6.07) is 19.2. The minimum absolute atomic E-state index is 0.0306. The smallest absolute Gasteiger partial charge is 0.346 e. The number of ether oxygens (including phenoxy) is 1. The molecule has 6 heteroatoms. The summed E-state index contributed by atoms with van der Waals surface area (Å²) in [6.45, 7) is 3.19. The number of nitrogens with zero attached hydrogens (tertiary/aromatic N) is 2. The number of esters is 1. The average molecular weight is 366 g/mol. The van der Waals surface area contributed by atoms with Crippen molar-refractivity contribution in [3.63, 3.8) is 0 Å². The molecule has 0 spiro atoms. The Balaban J connectivity index is 2.08. The SMILES string of the molecule is CC(C)(COC(=O)CN=C(c1ccccc1)c1ccccc1)N=CC(=O)O. The maximum Gasteiger partial charge on any atom is 0.346 e. The number of aliphatic carboxylic acids is 1. The van der Waals surface area contributed by atoms with Gasteiger partial charge < -0.3 is 9.84 Å². The van der Waals surface area contributed by atoms with Crippen molar-refractivity contribution in [2.75, 3.05) is 13.2 Å². The third kappa shape index (κ3) is 6.86. The molecule has 0 saturated heterocycles. The highest BCUT2D eigenvalue weighted by atomic mass is 16.5. The van der Waals surface area contributed by atoms with E-state index in [0.29, 0.717) is 5.71 Å². The van der Waals surface area contributed by atoms with E-state index in [-0.39, 0.29) is 13.2 Å². The molecule has 27 heavy (non-hydrogen) atoms. The van der Waals surface area contributed by atoms with Crippen molar-refractivity contribution in [1.82, 2.24) is 0 Å². The molecule has 0 heterocycles. The van der Waals surface area contributed by atoms with E-state index >= 15 is 0 Å². The third-order valence-electron chi connectivity index (χ3n) is 3.57. The second-order valence-electron chi connectivity index (χ2n) is 6.47. The highest BCUT2D eigenvalue weighted by Gasteiger charge is 2.19. The van der Waals surface area contributed by atoms with Crippen molar-refractivity contribution in [3.05, 3.63) is 71.8 Å². The van der Waals surface area contributed by atoms with Gasteiger partial charge in [0.15, 0.2) is 0 Å². The van der Waals surface area contributed by atoms with E-state index < -0.39 is 17.5 Å². The molecule has 0 bridgehead atoms.